The third kappa shape index (κ3) is 3.90. The molecule has 1 fully saturated rings. The van der Waals surface area contributed by atoms with Crippen molar-refractivity contribution in [2.45, 2.75) is 52.4 Å². The van der Waals surface area contributed by atoms with Crippen molar-refractivity contribution in [1.82, 2.24) is 15.3 Å². The van der Waals surface area contributed by atoms with Gasteiger partial charge in [-0.3, -0.25) is 4.98 Å². The van der Waals surface area contributed by atoms with Gasteiger partial charge in [0.05, 0.1) is 5.69 Å². The van der Waals surface area contributed by atoms with Gasteiger partial charge in [0.15, 0.2) is 0 Å². The van der Waals surface area contributed by atoms with Gasteiger partial charge < -0.3 is 10.3 Å². The molecule has 27 heavy (non-hydrogen) atoms. The largest absolute Gasteiger partial charge is 0.354 e. The number of nitrogens with one attached hydrogen (secondary N) is 2. The van der Waals surface area contributed by atoms with Crippen molar-refractivity contribution in [3.05, 3.63) is 52.8 Å². The number of piperidine rings is 1. The van der Waals surface area contributed by atoms with E-state index in [0.717, 1.165) is 24.5 Å². The van der Waals surface area contributed by atoms with Gasteiger partial charge in [-0.25, -0.2) is 0 Å². The molecule has 3 nitrogen and oxygen atoms in total. The highest BCUT2D eigenvalue weighted by Crippen LogP contribution is 2.38. The zero-order valence-electron chi connectivity index (χ0n) is 16.7. The van der Waals surface area contributed by atoms with E-state index in [9.17, 15) is 0 Å². The highest BCUT2D eigenvalue weighted by Gasteiger charge is 2.20. The second kappa shape index (κ2) is 8.04. The molecule has 3 aromatic rings. The number of aryl methyl sites for hydroxylation is 2. The van der Waals surface area contributed by atoms with E-state index in [1.807, 2.05) is 0 Å². The van der Waals surface area contributed by atoms with Gasteiger partial charge in [-0.2, -0.15) is 0 Å². The SMILES string of the molecule is Cc1cc(-c2[nH]c3ccc(C4CCNCC4)cc3c2C(C)C)cc(C)n1.Cl. The number of nitrogens with zero attached hydrogens (tertiary/aromatic N) is 1. The zero-order valence-corrected chi connectivity index (χ0v) is 17.5. The number of aromatic nitrogens is 2. The quantitative estimate of drug-likeness (QED) is 0.594. The minimum absolute atomic E-state index is 0. The number of pyridine rings is 1. The maximum absolute atomic E-state index is 4.54. The number of hydrogen-bond donors (Lipinski definition) is 2. The van der Waals surface area contributed by atoms with Gasteiger partial charge >= 0.3 is 0 Å². The van der Waals surface area contributed by atoms with E-state index < -0.39 is 0 Å². The fraction of sp³-hybridized carbons (Fsp3) is 0.435. The molecule has 1 saturated heterocycles. The molecule has 0 unspecified atom stereocenters. The topological polar surface area (TPSA) is 40.7 Å². The van der Waals surface area contributed by atoms with Crippen LogP contribution in [-0.2, 0) is 0 Å². The summed E-state index contributed by atoms with van der Waals surface area (Å²) in [5.41, 5.74) is 8.82. The van der Waals surface area contributed by atoms with Crippen LogP contribution in [0.3, 0.4) is 0 Å². The molecule has 1 aliphatic rings. The number of rotatable bonds is 3. The predicted molar refractivity (Wildman–Crippen MR) is 117 cm³/mol. The van der Waals surface area contributed by atoms with Crippen LogP contribution in [0.15, 0.2) is 30.3 Å². The Morgan fingerprint density at radius 1 is 1.00 bits per heavy atom. The van der Waals surface area contributed by atoms with E-state index >= 15 is 0 Å². The number of hydrogen-bond acceptors (Lipinski definition) is 2. The summed E-state index contributed by atoms with van der Waals surface area (Å²) >= 11 is 0. The number of aromatic amines is 1. The summed E-state index contributed by atoms with van der Waals surface area (Å²) in [6.45, 7) is 11.0. The second-order valence-corrected chi connectivity index (χ2v) is 8.04. The van der Waals surface area contributed by atoms with Crippen LogP contribution < -0.4 is 5.32 Å². The summed E-state index contributed by atoms with van der Waals surface area (Å²) in [5, 5.41) is 4.86. The maximum atomic E-state index is 4.54. The Labute approximate surface area is 168 Å². The first-order chi connectivity index (χ1) is 12.5. The average molecular weight is 384 g/mol. The van der Waals surface area contributed by atoms with Crippen LogP contribution in [0.5, 0.6) is 0 Å². The summed E-state index contributed by atoms with van der Waals surface area (Å²) in [6.07, 6.45) is 2.48. The lowest BCUT2D eigenvalue weighted by atomic mass is 9.88. The molecule has 4 rings (SSSR count). The van der Waals surface area contributed by atoms with Crippen molar-refractivity contribution >= 4 is 23.3 Å². The van der Waals surface area contributed by atoms with E-state index in [4.69, 9.17) is 0 Å². The Morgan fingerprint density at radius 3 is 2.30 bits per heavy atom. The molecule has 0 saturated carbocycles. The highest BCUT2D eigenvalue weighted by atomic mass is 35.5. The number of halogens is 1. The zero-order chi connectivity index (χ0) is 18.3. The summed E-state index contributed by atoms with van der Waals surface area (Å²) in [6, 6.07) is 11.4. The monoisotopic (exact) mass is 383 g/mol. The van der Waals surface area contributed by atoms with Crippen molar-refractivity contribution in [1.29, 1.82) is 0 Å². The Kier molecular flexibility index (Phi) is 5.92. The maximum Gasteiger partial charge on any atom is 0.0501 e. The lowest BCUT2D eigenvalue weighted by Gasteiger charge is -2.23. The first-order valence-electron chi connectivity index (χ1n) is 9.85. The number of H-pyrrole nitrogens is 1. The van der Waals surface area contributed by atoms with Gasteiger partial charge in [0, 0.05) is 27.9 Å². The van der Waals surface area contributed by atoms with E-state index in [2.05, 4.69) is 73.3 Å². The number of fused-ring (bicyclic) bond motifs is 1. The predicted octanol–water partition coefficient (Wildman–Crippen LogP) is 5.86. The summed E-state index contributed by atoms with van der Waals surface area (Å²) in [5.74, 6) is 1.15. The first kappa shape index (κ1) is 19.9. The van der Waals surface area contributed by atoms with Gasteiger partial charge in [-0.05, 0) is 87.0 Å². The molecule has 1 aliphatic heterocycles. The molecule has 0 spiro atoms. The minimum atomic E-state index is 0. The van der Waals surface area contributed by atoms with E-state index in [1.165, 1.54) is 46.1 Å². The molecule has 144 valence electrons. The molecule has 2 aromatic heterocycles. The van der Waals surface area contributed by atoms with Gasteiger partial charge in [-0.1, -0.05) is 19.9 Å². The Balaban J connectivity index is 0.00000210. The molecule has 0 amide bonds. The van der Waals surface area contributed by atoms with Crippen LogP contribution in [0.2, 0.25) is 0 Å². The van der Waals surface area contributed by atoms with Crippen LogP contribution in [0, 0.1) is 13.8 Å². The number of benzene rings is 1. The van der Waals surface area contributed by atoms with Crippen LogP contribution in [0.4, 0.5) is 0 Å². The van der Waals surface area contributed by atoms with Gasteiger partial charge in [0.1, 0.15) is 0 Å². The first-order valence-corrected chi connectivity index (χ1v) is 9.85. The highest BCUT2D eigenvalue weighted by molar-refractivity contribution is 5.92. The molecular weight excluding hydrogens is 354 g/mol. The summed E-state index contributed by atoms with van der Waals surface area (Å²) < 4.78 is 0. The van der Waals surface area contributed by atoms with E-state index in [1.54, 1.807) is 0 Å². The fourth-order valence-electron chi connectivity index (χ4n) is 4.45. The standard InChI is InChI=1S/C23H29N3.ClH/c1-14(2)22-20-13-18(17-7-9-24-10-8-17)5-6-21(20)26-23(22)19-11-15(3)25-16(4)12-19;/h5-6,11-14,17,24,26H,7-10H2,1-4H3;1H. The fourth-order valence-corrected chi connectivity index (χ4v) is 4.45. The molecule has 0 aliphatic carbocycles. The van der Waals surface area contributed by atoms with Gasteiger partial charge in [0.25, 0.3) is 0 Å². The third-order valence-corrected chi connectivity index (χ3v) is 5.62. The van der Waals surface area contributed by atoms with Crippen LogP contribution in [0.25, 0.3) is 22.2 Å². The van der Waals surface area contributed by atoms with Crippen LogP contribution in [-0.4, -0.2) is 23.1 Å². The van der Waals surface area contributed by atoms with Crippen molar-refractivity contribution in [3.8, 4) is 11.3 Å². The molecule has 2 N–H and O–H groups in total. The minimum Gasteiger partial charge on any atom is -0.354 e. The molecule has 0 radical (unpaired) electrons. The van der Waals surface area contributed by atoms with Crippen LogP contribution in [0.1, 0.15) is 61.0 Å². The molecule has 3 heterocycles. The average Bonchev–Trinajstić information content (AvgIpc) is 3.00. The summed E-state index contributed by atoms with van der Waals surface area (Å²) in [4.78, 5) is 8.25. The molecule has 0 bridgehead atoms. The van der Waals surface area contributed by atoms with E-state index in [0.29, 0.717) is 11.8 Å². The molecular formula is C23H30ClN3. The van der Waals surface area contributed by atoms with Crippen molar-refractivity contribution in [3.63, 3.8) is 0 Å². The molecule has 0 atom stereocenters. The van der Waals surface area contributed by atoms with Gasteiger partial charge in [-0.15, -0.1) is 12.4 Å². The Morgan fingerprint density at radius 2 is 1.67 bits per heavy atom. The lowest BCUT2D eigenvalue weighted by molar-refractivity contribution is 0.460. The Hall–Kier alpha value is -1.84. The lowest BCUT2D eigenvalue weighted by Crippen LogP contribution is -2.26. The second-order valence-electron chi connectivity index (χ2n) is 8.04. The third-order valence-electron chi connectivity index (χ3n) is 5.62. The van der Waals surface area contributed by atoms with E-state index in [-0.39, 0.29) is 12.4 Å². The van der Waals surface area contributed by atoms with Crippen molar-refractivity contribution < 1.29 is 0 Å². The summed E-state index contributed by atoms with van der Waals surface area (Å²) in [7, 11) is 0. The van der Waals surface area contributed by atoms with Crippen LogP contribution >= 0.6 is 12.4 Å². The van der Waals surface area contributed by atoms with Crippen molar-refractivity contribution in [2.24, 2.45) is 0 Å². The van der Waals surface area contributed by atoms with Crippen molar-refractivity contribution in [2.75, 3.05) is 13.1 Å². The smallest absolute Gasteiger partial charge is 0.0501 e. The molecule has 4 heteroatoms. The Bertz CT molecular complexity index is 916. The normalized spacial score (nSPS) is 15.3. The van der Waals surface area contributed by atoms with Gasteiger partial charge in [0.2, 0.25) is 0 Å². The molecule has 1 aromatic carbocycles.